The minimum absolute atomic E-state index is 0.452. The number of benzene rings is 4. The fourth-order valence-electron chi connectivity index (χ4n) is 18.3. The third-order valence-corrected chi connectivity index (χ3v) is 22.1. The van der Waals surface area contributed by atoms with Gasteiger partial charge in [0.2, 0.25) is 0 Å². The molecule has 4 N–H and O–H groups in total. The maximum absolute atomic E-state index is 5.57. The van der Waals surface area contributed by atoms with Gasteiger partial charge in [-0.25, -0.2) is 19.9 Å². The first kappa shape index (κ1) is 48.2. The Hall–Kier alpha value is -9.92. The molecular weight excluding hydrogens is 1070 g/mol. The Balaban J connectivity index is 0.000000123. The standard InChI is InChI=1S/C44H38N4.C36H22N4/c1-2-22-4-3-21(1)37-29-17-31-39-23-5-7-25(8-6-23)41(39)33(46-31)19-35-43-27-13-15-28(16-14-27)44(43)36(48-35)20-34-42-26-11-9-24(10-12-26)40(42)32(47-34)18-30(45-29)38(22)37;1-2-10-22-21(9-1)29-17-31-23-11-3-4-12-24(23)33(38-31)19-35-27-15-7-8-16-28(27)36(40-35)20-34-26-14-6-5-13-25(26)32(39-34)18-30(22)37-29/h1-2,5,7,9,11,13,15,17-28,45-46H,3-4,6,8,10,12,14,16H2;1-20,37,40H. The molecule has 420 valence electrons. The third kappa shape index (κ3) is 6.86. The van der Waals surface area contributed by atoms with Crippen molar-refractivity contribution in [1.82, 2.24) is 39.9 Å². The number of aromatic amines is 4. The third-order valence-electron chi connectivity index (χ3n) is 22.1. The summed E-state index contributed by atoms with van der Waals surface area (Å²) >= 11 is 0. The van der Waals surface area contributed by atoms with Gasteiger partial charge in [-0.15, -0.1) is 0 Å². The lowest BCUT2D eigenvalue weighted by atomic mass is 9.69. The number of hydrogen-bond acceptors (Lipinski definition) is 4. The van der Waals surface area contributed by atoms with Gasteiger partial charge in [-0.1, -0.05) is 146 Å². The van der Waals surface area contributed by atoms with Crippen LogP contribution in [0.5, 0.6) is 0 Å². The molecule has 0 saturated heterocycles. The number of aromatic nitrogens is 8. The first-order chi connectivity index (χ1) is 43.5. The summed E-state index contributed by atoms with van der Waals surface area (Å²) < 4.78 is 0. The highest BCUT2D eigenvalue weighted by atomic mass is 14.8. The van der Waals surface area contributed by atoms with Gasteiger partial charge in [-0.05, 0) is 144 Å². The molecule has 8 unspecified atom stereocenters. The Morgan fingerprint density at radius 3 is 0.750 bits per heavy atom. The second-order valence-corrected chi connectivity index (χ2v) is 26.7. The SMILES string of the molecule is C1=CC2CCC1C1=C2c2cc3[nH]c(cc4[nH]c(cc5nc(cc1n2)C1=C5C2C=CC1CC2)c1c4C2C=CC1CC2)c1c3C2C=CC1CC2.c1ccc2c(c1)-c1cc3[nH]c(cc4nc(cc5[nH]c(cc-2n1)c1ccccc51)-c1ccccc1-4)c1ccccc31. The topological polar surface area (TPSA) is 115 Å². The van der Waals surface area contributed by atoms with Crippen molar-refractivity contribution >= 4 is 88.0 Å². The highest BCUT2D eigenvalue weighted by Crippen LogP contribution is 2.57. The fraction of sp³-hybridized carbons (Fsp3) is 0.200. The Morgan fingerprint density at radius 2 is 0.455 bits per heavy atom. The zero-order valence-corrected chi connectivity index (χ0v) is 48.5. The van der Waals surface area contributed by atoms with E-state index in [0.29, 0.717) is 47.3 Å². The van der Waals surface area contributed by atoms with Gasteiger partial charge in [0.25, 0.3) is 0 Å². The Labute approximate surface area is 508 Å². The van der Waals surface area contributed by atoms with Crippen LogP contribution in [0, 0.1) is 23.7 Å². The van der Waals surface area contributed by atoms with Crippen LogP contribution in [0.1, 0.15) is 120 Å². The van der Waals surface area contributed by atoms with Gasteiger partial charge in [0.1, 0.15) is 0 Å². The van der Waals surface area contributed by atoms with Gasteiger partial charge in [-0.2, -0.15) is 0 Å². The van der Waals surface area contributed by atoms with Crippen molar-refractivity contribution < 1.29 is 0 Å². The highest BCUT2D eigenvalue weighted by Gasteiger charge is 2.42. The molecule has 4 aliphatic heterocycles. The lowest BCUT2D eigenvalue weighted by Crippen LogP contribution is -2.19. The number of nitrogens with zero attached hydrogens (tertiary/aromatic N) is 4. The largest absolute Gasteiger partial charge is 0.355 e. The van der Waals surface area contributed by atoms with E-state index in [1.807, 2.05) is 0 Å². The summed E-state index contributed by atoms with van der Waals surface area (Å²) in [6.07, 6.45) is 29.7. The van der Waals surface area contributed by atoms with Gasteiger partial charge in [-0.3, -0.25) is 0 Å². The van der Waals surface area contributed by atoms with Gasteiger partial charge < -0.3 is 19.9 Å². The molecule has 0 spiro atoms. The number of allylic oxidation sites excluding steroid dienone is 12. The van der Waals surface area contributed by atoms with Crippen LogP contribution in [-0.2, 0) is 0 Å². The molecule has 0 radical (unpaired) electrons. The van der Waals surface area contributed by atoms with E-state index in [9.17, 15) is 0 Å². The second kappa shape index (κ2) is 17.9. The quantitative estimate of drug-likeness (QED) is 0.113. The van der Waals surface area contributed by atoms with E-state index < -0.39 is 0 Å². The van der Waals surface area contributed by atoms with Crippen LogP contribution in [0.4, 0.5) is 0 Å². The normalized spacial score (nSPS) is 23.7. The number of rotatable bonds is 0. The molecule has 6 aromatic heterocycles. The first-order valence-corrected chi connectivity index (χ1v) is 32.3. The van der Waals surface area contributed by atoms with Gasteiger partial charge in [0.05, 0.1) is 45.6 Å². The molecule has 24 bridgehead atoms. The van der Waals surface area contributed by atoms with Crippen LogP contribution >= 0.6 is 0 Å². The molecule has 4 aromatic carbocycles. The molecule has 8 atom stereocenters. The Bertz CT molecular complexity index is 4940. The summed E-state index contributed by atoms with van der Waals surface area (Å²) in [6.45, 7) is 0. The van der Waals surface area contributed by atoms with E-state index in [1.54, 1.807) is 0 Å². The van der Waals surface area contributed by atoms with Crippen molar-refractivity contribution in [2.45, 2.75) is 75.0 Å². The average molecular weight is 1130 g/mol. The van der Waals surface area contributed by atoms with E-state index in [2.05, 4.69) is 214 Å². The van der Waals surface area contributed by atoms with Crippen LogP contribution in [0.2, 0.25) is 0 Å². The lowest BCUT2D eigenvalue weighted by molar-refractivity contribution is 0.557. The Kier molecular flexibility index (Phi) is 9.78. The highest BCUT2D eigenvalue weighted by molar-refractivity contribution is 6.11. The van der Waals surface area contributed by atoms with Crippen LogP contribution in [-0.4, -0.2) is 39.9 Å². The van der Waals surface area contributed by atoms with E-state index in [1.165, 1.54) is 129 Å². The van der Waals surface area contributed by atoms with Crippen LogP contribution < -0.4 is 0 Å². The van der Waals surface area contributed by atoms with E-state index >= 15 is 0 Å². The average Bonchev–Trinajstić information content (AvgIpc) is 2.68. The van der Waals surface area contributed by atoms with Crippen molar-refractivity contribution in [3.05, 3.63) is 239 Å². The molecule has 8 nitrogen and oxygen atoms in total. The first-order valence-electron chi connectivity index (χ1n) is 32.3. The number of hydrogen-bond donors (Lipinski definition) is 4. The van der Waals surface area contributed by atoms with Gasteiger partial charge >= 0.3 is 0 Å². The smallest absolute Gasteiger partial charge is 0.0737 e. The van der Waals surface area contributed by atoms with E-state index in [-0.39, 0.29) is 0 Å². The van der Waals surface area contributed by atoms with Crippen molar-refractivity contribution in [2.75, 3.05) is 0 Å². The minimum atomic E-state index is 0.452. The predicted molar refractivity (Wildman–Crippen MR) is 358 cm³/mol. The molecule has 0 saturated carbocycles. The summed E-state index contributed by atoms with van der Waals surface area (Å²) in [6, 6.07) is 52.5. The maximum atomic E-state index is 5.57. The lowest BCUT2D eigenvalue weighted by Gasteiger charge is -2.33. The van der Waals surface area contributed by atoms with Crippen LogP contribution in [0.25, 0.3) is 133 Å². The number of H-pyrrole nitrogens is 4. The zero-order valence-electron chi connectivity index (χ0n) is 48.5. The summed E-state index contributed by atoms with van der Waals surface area (Å²) in [5.41, 5.74) is 34.4. The molecule has 26 rings (SSSR count). The van der Waals surface area contributed by atoms with E-state index in [0.717, 1.165) is 100 Å². The number of fused-ring (bicyclic) bond motifs is 32. The van der Waals surface area contributed by atoms with Crippen LogP contribution in [0.3, 0.4) is 0 Å². The Morgan fingerprint density at radius 1 is 0.227 bits per heavy atom. The molecule has 0 amide bonds. The van der Waals surface area contributed by atoms with Crippen molar-refractivity contribution in [1.29, 1.82) is 0 Å². The fourth-order valence-corrected chi connectivity index (χ4v) is 18.3. The second-order valence-electron chi connectivity index (χ2n) is 26.7. The molecule has 8 heteroatoms. The summed E-state index contributed by atoms with van der Waals surface area (Å²) in [4.78, 5) is 37.0. The minimum Gasteiger partial charge on any atom is -0.355 e. The zero-order chi connectivity index (χ0) is 57.0. The summed E-state index contributed by atoms with van der Waals surface area (Å²) in [5.74, 6) is 3.74. The predicted octanol–water partition coefficient (Wildman–Crippen LogP) is 19.7. The number of nitrogens with one attached hydrogen (secondary N) is 4. The van der Waals surface area contributed by atoms with E-state index in [4.69, 9.17) is 19.9 Å². The molecule has 88 heavy (non-hydrogen) atoms. The van der Waals surface area contributed by atoms with Gasteiger partial charge in [0, 0.05) is 135 Å². The monoisotopic (exact) mass is 1130 g/mol. The molecule has 10 aromatic rings. The van der Waals surface area contributed by atoms with Crippen molar-refractivity contribution in [3.8, 4) is 45.0 Å². The van der Waals surface area contributed by atoms with Gasteiger partial charge in [0.15, 0.2) is 0 Å². The molecule has 10 heterocycles. The molecule has 0 fully saturated rings. The molecular formula is C80H60N8. The molecule has 16 aliphatic rings. The summed E-state index contributed by atoms with van der Waals surface area (Å²) in [7, 11) is 0. The van der Waals surface area contributed by atoms with Crippen molar-refractivity contribution in [2.24, 2.45) is 23.7 Å². The van der Waals surface area contributed by atoms with Crippen LogP contribution in [0.15, 0.2) is 194 Å². The molecule has 12 aliphatic carbocycles. The van der Waals surface area contributed by atoms with Crippen molar-refractivity contribution in [3.63, 3.8) is 0 Å². The maximum Gasteiger partial charge on any atom is 0.0737 e. The summed E-state index contributed by atoms with van der Waals surface area (Å²) in [5, 5.41) is 4.66.